The van der Waals surface area contributed by atoms with Gasteiger partial charge < -0.3 is 20.1 Å². The summed E-state index contributed by atoms with van der Waals surface area (Å²) in [6.07, 6.45) is 0.983. The number of hydrogen-bond donors (Lipinski definition) is 2. The summed E-state index contributed by atoms with van der Waals surface area (Å²) >= 11 is 5.50. The number of rotatable bonds is 7. The fraction of sp³-hybridized carbons (Fsp3) is 0.350. The zero-order valence-corrected chi connectivity index (χ0v) is 16.0. The predicted molar refractivity (Wildman–Crippen MR) is 108 cm³/mol. The summed E-state index contributed by atoms with van der Waals surface area (Å²) in [5.41, 5.74) is 2.12. The molecule has 0 heterocycles. The average molecular weight is 359 g/mol. The van der Waals surface area contributed by atoms with Crippen LogP contribution in [0, 0.1) is 5.92 Å². The Labute approximate surface area is 155 Å². The van der Waals surface area contributed by atoms with Crippen molar-refractivity contribution in [2.45, 2.75) is 26.3 Å². The minimum Gasteiger partial charge on any atom is -0.497 e. The molecular formula is C20H26N2O2S. The van der Waals surface area contributed by atoms with Gasteiger partial charge >= 0.3 is 0 Å². The Morgan fingerprint density at radius 3 is 1.92 bits per heavy atom. The molecule has 0 unspecified atom stereocenters. The summed E-state index contributed by atoms with van der Waals surface area (Å²) in [4.78, 5) is 0. The van der Waals surface area contributed by atoms with Gasteiger partial charge in [-0.2, -0.15) is 0 Å². The second kappa shape index (κ2) is 9.28. The molecule has 0 saturated heterocycles. The van der Waals surface area contributed by atoms with Crippen molar-refractivity contribution in [2.24, 2.45) is 5.92 Å². The molecule has 2 aromatic carbocycles. The zero-order chi connectivity index (χ0) is 18.2. The first-order chi connectivity index (χ1) is 12.0. The van der Waals surface area contributed by atoms with Crippen molar-refractivity contribution in [3.8, 4) is 11.5 Å². The van der Waals surface area contributed by atoms with E-state index in [2.05, 4.69) is 36.6 Å². The van der Waals surface area contributed by atoms with E-state index in [0.717, 1.165) is 23.6 Å². The van der Waals surface area contributed by atoms with Gasteiger partial charge in [0, 0.05) is 5.69 Å². The SMILES string of the molecule is COc1ccc(NC(=S)N[C@@H](CC(C)C)c2ccc(OC)cc2)cc1. The molecule has 0 spiro atoms. The minimum absolute atomic E-state index is 0.143. The lowest BCUT2D eigenvalue weighted by Gasteiger charge is -2.23. The van der Waals surface area contributed by atoms with Crippen molar-refractivity contribution in [1.29, 1.82) is 0 Å². The number of thiocarbonyl (C=S) groups is 1. The lowest BCUT2D eigenvalue weighted by Crippen LogP contribution is -2.33. The predicted octanol–water partition coefficient (Wildman–Crippen LogP) is 4.78. The van der Waals surface area contributed by atoms with Crippen LogP contribution in [0.2, 0.25) is 0 Å². The maximum atomic E-state index is 5.50. The summed E-state index contributed by atoms with van der Waals surface area (Å²) in [6, 6.07) is 15.9. The van der Waals surface area contributed by atoms with E-state index in [9.17, 15) is 0 Å². The van der Waals surface area contributed by atoms with Crippen LogP contribution in [0.4, 0.5) is 5.69 Å². The van der Waals surface area contributed by atoms with E-state index < -0.39 is 0 Å². The minimum atomic E-state index is 0.143. The first-order valence-electron chi connectivity index (χ1n) is 8.37. The van der Waals surface area contributed by atoms with Crippen LogP contribution in [-0.2, 0) is 0 Å². The number of ether oxygens (including phenoxy) is 2. The van der Waals surface area contributed by atoms with Crippen molar-refractivity contribution >= 4 is 23.0 Å². The molecule has 0 aliphatic carbocycles. The van der Waals surface area contributed by atoms with Crippen molar-refractivity contribution < 1.29 is 9.47 Å². The van der Waals surface area contributed by atoms with Crippen LogP contribution in [0.25, 0.3) is 0 Å². The van der Waals surface area contributed by atoms with Crippen molar-refractivity contribution in [3.63, 3.8) is 0 Å². The van der Waals surface area contributed by atoms with Crippen LogP contribution < -0.4 is 20.1 Å². The Bertz CT molecular complexity index is 669. The highest BCUT2D eigenvalue weighted by Gasteiger charge is 2.15. The largest absolute Gasteiger partial charge is 0.497 e. The molecule has 0 amide bonds. The molecule has 1 atom stereocenters. The number of anilines is 1. The Morgan fingerprint density at radius 2 is 1.44 bits per heavy atom. The van der Waals surface area contributed by atoms with Gasteiger partial charge in [-0.15, -0.1) is 0 Å². The molecule has 0 bridgehead atoms. The molecule has 0 aliphatic rings. The third-order valence-corrected chi connectivity index (χ3v) is 4.10. The third kappa shape index (κ3) is 5.94. The fourth-order valence-electron chi connectivity index (χ4n) is 2.59. The molecule has 2 N–H and O–H groups in total. The number of hydrogen-bond acceptors (Lipinski definition) is 3. The summed E-state index contributed by atoms with van der Waals surface area (Å²) in [5.74, 6) is 2.22. The van der Waals surface area contributed by atoms with E-state index in [0.29, 0.717) is 11.0 Å². The Morgan fingerprint density at radius 1 is 0.920 bits per heavy atom. The Kier molecular flexibility index (Phi) is 7.07. The first-order valence-corrected chi connectivity index (χ1v) is 8.78. The second-order valence-corrected chi connectivity index (χ2v) is 6.69. The van der Waals surface area contributed by atoms with E-state index >= 15 is 0 Å². The first kappa shape index (κ1) is 19.1. The second-order valence-electron chi connectivity index (χ2n) is 6.28. The highest BCUT2D eigenvalue weighted by molar-refractivity contribution is 7.80. The molecule has 0 radical (unpaired) electrons. The quantitative estimate of drug-likeness (QED) is 0.698. The van der Waals surface area contributed by atoms with Crippen LogP contribution in [0.5, 0.6) is 11.5 Å². The van der Waals surface area contributed by atoms with Gasteiger partial charge in [0.1, 0.15) is 11.5 Å². The molecule has 0 fully saturated rings. The smallest absolute Gasteiger partial charge is 0.171 e. The van der Waals surface area contributed by atoms with Gasteiger partial charge in [0.25, 0.3) is 0 Å². The molecule has 0 aliphatic heterocycles. The van der Waals surface area contributed by atoms with Crippen LogP contribution in [0.1, 0.15) is 31.9 Å². The van der Waals surface area contributed by atoms with Gasteiger partial charge in [0.15, 0.2) is 5.11 Å². The summed E-state index contributed by atoms with van der Waals surface area (Å²) in [5, 5.41) is 7.26. The molecule has 5 heteroatoms. The lowest BCUT2D eigenvalue weighted by atomic mass is 9.97. The molecule has 0 saturated carbocycles. The van der Waals surface area contributed by atoms with Crippen molar-refractivity contribution in [1.82, 2.24) is 5.32 Å². The summed E-state index contributed by atoms with van der Waals surface area (Å²) < 4.78 is 10.4. The number of benzene rings is 2. The third-order valence-electron chi connectivity index (χ3n) is 3.88. The molecule has 0 aromatic heterocycles. The van der Waals surface area contributed by atoms with Crippen LogP contribution in [-0.4, -0.2) is 19.3 Å². The van der Waals surface area contributed by atoms with Gasteiger partial charge in [0.05, 0.1) is 20.3 Å². The molecule has 2 rings (SSSR count). The van der Waals surface area contributed by atoms with Gasteiger partial charge in [-0.1, -0.05) is 26.0 Å². The topological polar surface area (TPSA) is 42.5 Å². The molecule has 25 heavy (non-hydrogen) atoms. The number of nitrogens with one attached hydrogen (secondary N) is 2. The normalized spacial score (nSPS) is 11.7. The zero-order valence-electron chi connectivity index (χ0n) is 15.2. The van der Waals surface area contributed by atoms with Gasteiger partial charge in [0.2, 0.25) is 0 Å². The van der Waals surface area contributed by atoms with E-state index in [1.54, 1.807) is 14.2 Å². The highest BCUT2D eigenvalue weighted by atomic mass is 32.1. The molecule has 4 nitrogen and oxygen atoms in total. The summed E-state index contributed by atoms with van der Waals surface area (Å²) in [6.45, 7) is 4.41. The van der Waals surface area contributed by atoms with Crippen LogP contribution >= 0.6 is 12.2 Å². The maximum absolute atomic E-state index is 5.50. The summed E-state index contributed by atoms with van der Waals surface area (Å²) in [7, 11) is 3.33. The Balaban J connectivity index is 2.05. The Hall–Kier alpha value is -2.27. The van der Waals surface area contributed by atoms with Gasteiger partial charge in [-0.3, -0.25) is 0 Å². The van der Waals surface area contributed by atoms with E-state index in [-0.39, 0.29) is 6.04 Å². The number of methoxy groups -OCH3 is 2. The molecule has 2 aromatic rings. The van der Waals surface area contributed by atoms with Gasteiger partial charge in [-0.25, -0.2) is 0 Å². The maximum Gasteiger partial charge on any atom is 0.171 e. The van der Waals surface area contributed by atoms with Crippen molar-refractivity contribution in [3.05, 3.63) is 54.1 Å². The molecule has 134 valence electrons. The lowest BCUT2D eigenvalue weighted by molar-refractivity contribution is 0.414. The monoisotopic (exact) mass is 358 g/mol. The molecular weight excluding hydrogens is 332 g/mol. The fourth-order valence-corrected chi connectivity index (χ4v) is 2.85. The van der Waals surface area contributed by atoms with E-state index in [1.165, 1.54) is 5.56 Å². The van der Waals surface area contributed by atoms with Gasteiger partial charge in [-0.05, 0) is 66.5 Å². The average Bonchev–Trinajstić information content (AvgIpc) is 2.61. The van der Waals surface area contributed by atoms with Crippen LogP contribution in [0.3, 0.4) is 0 Å². The van der Waals surface area contributed by atoms with E-state index in [4.69, 9.17) is 21.7 Å². The van der Waals surface area contributed by atoms with Crippen LogP contribution in [0.15, 0.2) is 48.5 Å². The highest BCUT2D eigenvalue weighted by Crippen LogP contribution is 2.24. The van der Waals surface area contributed by atoms with Crippen molar-refractivity contribution in [2.75, 3.05) is 19.5 Å². The standard InChI is InChI=1S/C20H26N2O2S/c1-14(2)13-19(15-5-9-17(23-3)10-6-15)22-20(25)21-16-7-11-18(24-4)12-8-16/h5-12,14,19H,13H2,1-4H3,(H2,21,22,25)/t19-/m0/s1. The van der Waals surface area contributed by atoms with E-state index in [1.807, 2.05) is 36.4 Å².